The summed E-state index contributed by atoms with van der Waals surface area (Å²) in [5, 5.41) is 17.7. The predicted molar refractivity (Wildman–Crippen MR) is 208 cm³/mol. The van der Waals surface area contributed by atoms with E-state index in [1.165, 1.54) is 23.2 Å². The largest absolute Gasteiger partial charge is 0.508 e. The number of thiazole rings is 1. The molecule has 0 spiro atoms. The summed E-state index contributed by atoms with van der Waals surface area (Å²) >= 11 is 1.18. The molecule has 6 atom stereocenters. The molecule has 3 amide bonds. The van der Waals surface area contributed by atoms with Crippen LogP contribution in [-0.2, 0) is 35.1 Å². The monoisotopic (exact) mass is 771 g/mol. The highest BCUT2D eigenvalue weighted by molar-refractivity contribution is 7.09. The van der Waals surface area contributed by atoms with Gasteiger partial charge in [-0.2, -0.15) is 0 Å². The second kappa shape index (κ2) is 21.7. The van der Waals surface area contributed by atoms with Gasteiger partial charge in [0.2, 0.25) is 11.8 Å². The van der Waals surface area contributed by atoms with Crippen molar-refractivity contribution in [1.29, 1.82) is 0 Å². The van der Waals surface area contributed by atoms with Gasteiger partial charge in [0.1, 0.15) is 22.5 Å². The summed E-state index contributed by atoms with van der Waals surface area (Å²) in [5.41, 5.74) is 1.13. The third kappa shape index (κ3) is 13.1. The number of benzene rings is 1. The molecule has 0 saturated carbocycles. The molecular weight excluding hydrogens is 711 g/mol. The van der Waals surface area contributed by atoms with Gasteiger partial charge in [0.25, 0.3) is 5.91 Å². The molecule has 1 fully saturated rings. The number of rotatable bonds is 20. The maximum Gasteiger partial charge on any atom is 0.307 e. The Morgan fingerprint density at radius 1 is 1.04 bits per heavy atom. The van der Waals surface area contributed by atoms with Crippen molar-refractivity contribution in [1.82, 2.24) is 25.4 Å². The van der Waals surface area contributed by atoms with E-state index in [-0.39, 0.29) is 72.7 Å². The molecule has 2 heterocycles. The Balaban J connectivity index is 1.91. The number of amides is 3. The van der Waals surface area contributed by atoms with Crippen LogP contribution in [0.1, 0.15) is 127 Å². The van der Waals surface area contributed by atoms with Gasteiger partial charge in [-0.15, -0.1) is 11.3 Å². The number of ether oxygens (including phenoxy) is 2. The fraction of sp³-hybridized carbons (Fsp3) is 0.650. The Morgan fingerprint density at radius 3 is 2.33 bits per heavy atom. The summed E-state index contributed by atoms with van der Waals surface area (Å²) in [6.45, 7) is 13.3. The van der Waals surface area contributed by atoms with Crippen LogP contribution in [0.3, 0.4) is 0 Å². The molecule has 3 rings (SSSR count). The Bertz CT molecular complexity index is 1530. The number of carbonyl (C=O) groups is 5. The van der Waals surface area contributed by atoms with Gasteiger partial charge in [0.15, 0.2) is 12.8 Å². The van der Waals surface area contributed by atoms with Gasteiger partial charge in [-0.3, -0.25) is 28.9 Å². The molecule has 1 aliphatic heterocycles. The number of phenols is 1. The molecule has 1 unspecified atom stereocenters. The molecule has 0 radical (unpaired) electrons. The van der Waals surface area contributed by atoms with Crippen LogP contribution in [-0.4, -0.2) is 94.0 Å². The highest BCUT2D eigenvalue weighted by Gasteiger charge is 2.39. The summed E-state index contributed by atoms with van der Waals surface area (Å²) in [5.74, 6) is -2.25. The number of carbonyl (C=O) groups excluding carboxylic acids is 5. The summed E-state index contributed by atoms with van der Waals surface area (Å²) in [6, 6.07) is 4.80. The average Bonchev–Trinajstić information content (AvgIpc) is 3.64. The highest BCUT2D eigenvalue weighted by atomic mass is 32.1. The van der Waals surface area contributed by atoms with E-state index in [4.69, 9.17) is 9.47 Å². The molecule has 1 aromatic carbocycles. The van der Waals surface area contributed by atoms with Crippen molar-refractivity contribution in [2.75, 3.05) is 20.3 Å². The third-order valence-corrected chi connectivity index (χ3v) is 11.1. The topological polar surface area (TPSA) is 167 Å². The maximum atomic E-state index is 14.7. The van der Waals surface area contributed by atoms with Gasteiger partial charge >= 0.3 is 11.9 Å². The molecule has 0 aliphatic carbocycles. The van der Waals surface area contributed by atoms with Crippen LogP contribution < -0.4 is 10.6 Å². The minimum absolute atomic E-state index is 0.105. The van der Waals surface area contributed by atoms with E-state index in [2.05, 4.69) is 15.6 Å². The molecule has 1 saturated heterocycles. The maximum absolute atomic E-state index is 14.7. The Labute approximate surface area is 324 Å². The number of piperidine rings is 1. The van der Waals surface area contributed by atoms with Gasteiger partial charge in [-0.25, -0.2) is 4.98 Å². The first-order chi connectivity index (χ1) is 25.7. The Hall–Kier alpha value is -4.04. The molecule has 1 aliphatic rings. The lowest BCUT2D eigenvalue weighted by molar-refractivity contribution is -0.160. The minimum Gasteiger partial charge on any atom is -0.508 e. The fourth-order valence-electron chi connectivity index (χ4n) is 6.65. The molecule has 14 heteroatoms. The first kappa shape index (κ1) is 44.4. The Morgan fingerprint density at radius 2 is 1.74 bits per heavy atom. The first-order valence-corrected chi connectivity index (χ1v) is 20.2. The number of esters is 2. The average molecular weight is 772 g/mol. The third-order valence-electron chi connectivity index (χ3n) is 10.2. The van der Waals surface area contributed by atoms with Crippen LogP contribution in [0, 0.1) is 11.8 Å². The van der Waals surface area contributed by atoms with E-state index in [1.54, 1.807) is 17.5 Å². The van der Waals surface area contributed by atoms with E-state index in [9.17, 15) is 29.1 Å². The number of hydrogen-bond acceptors (Lipinski definition) is 11. The summed E-state index contributed by atoms with van der Waals surface area (Å²) < 4.78 is 11.5. The molecule has 1 aromatic heterocycles. The lowest BCUT2D eigenvalue weighted by Gasteiger charge is -2.39. The van der Waals surface area contributed by atoms with Gasteiger partial charge in [-0.05, 0) is 75.2 Å². The van der Waals surface area contributed by atoms with Crippen molar-refractivity contribution < 1.29 is 38.6 Å². The zero-order valence-electron chi connectivity index (χ0n) is 33.3. The van der Waals surface area contributed by atoms with Crippen LogP contribution in [0.2, 0.25) is 0 Å². The lowest BCUT2D eigenvalue weighted by Crippen LogP contribution is -2.59. The zero-order valence-corrected chi connectivity index (χ0v) is 34.1. The van der Waals surface area contributed by atoms with Gasteiger partial charge in [0.05, 0.1) is 6.04 Å². The normalized spacial score (nSPS) is 17.5. The number of likely N-dealkylation sites (N-methyl/N-ethyl adjacent to an activating group) is 1. The standard InChI is InChI=1S/C40H61N5O8S/c1-9-14-35(48)52-24-45(40(51)36(26(6)10-2)43-38(50)32-15-12-13-20-44(32)8)33(25(4)5)22-34(53-27(7)46)39-42-31(23-54-39)37(49)41-29(11-3)21-28-16-18-30(47)19-17-28/h16-19,23,25-26,29,32-34,36,47H,9-15,20-22,24H2,1-8H3,(H,41,49)(H,43,50)/t26?,29-,32-,33-,34-,36+/m1/s1. The van der Waals surface area contributed by atoms with Gasteiger partial charge < -0.3 is 30.1 Å². The van der Waals surface area contributed by atoms with E-state index in [0.29, 0.717) is 37.1 Å². The Kier molecular flexibility index (Phi) is 17.9. The van der Waals surface area contributed by atoms with Crippen molar-refractivity contribution >= 4 is 41.0 Å². The molecule has 3 N–H and O–H groups in total. The molecule has 13 nitrogen and oxygen atoms in total. The molecule has 300 valence electrons. The van der Waals surface area contributed by atoms with Gasteiger partial charge in [0, 0.05) is 37.2 Å². The van der Waals surface area contributed by atoms with Crippen LogP contribution in [0.5, 0.6) is 5.75 Å². The van der Waals surface area contributed by atoms with E-state index < -0.39 is 30.1 Å². The number of hydrogen-bond donors (Lipinski definition) is 3. The SMILES string of the molecule is CCCC(=O)OCN(C(=O)[C@@H](NC(=O)[C@H]1CCCCN1C)C(C)CC)[C@H](C[C@@H](OC(C)=O)c1nc(C(=O)N[C@H](CC)Cc2ccc(O)cc2)cs1)C(C)C. The fourth-order valence-corrected chi connectivity index (χ4v) is 7.49. The lowest BCUT2D eigenvalue weighted by atomic mass is 9.92. The number of aromatic nitrogens is 1. The van der Waals surface area contributed by atoms with E-state index in [0.717, 1.165) is 24.9 Å². The van der Waals surface area contributed by atoms with E-state index >= 15 is 0 Å². The van der Waals surface area contributed by atoms with Gasteiger partial charge in [-0.1, -0.05) is 66.5 Å². The first-order valence-electron chi connectivity index (χ1n) is 19.4. The highest BCUT2D eigenvalue weighted by Crippen LogP contribution is 2.32. The summed E-state index contributed by atoms with van der Waals surface area (Å²) in [7, 11) is 1.92. The number of nitrogens with one attached hydrogen (secondary N) is 2. The predicted octanol–water partition coefficient (Wildman–Crippen LogP) is 5.76. The van der Waals surface area contributed by atoms with Crippen LogP contribution in [0.25, 0.3) is 0 Å². The molecular formula is C40H61N5O8S. The molecule has 2 aromatic rings. The second-order valence-corrected chi connectivity index (χ2v) is 15.6. The van der Waals surface area contributed by atoms with Crippen LogP contribution in [0.15, 0.2) is 29.6 Å². The summed E-state index contributed by atoms with van der Waals surface area (Å²) in [6.07, 6.45) is 4.42. The molecule has 54 heavy (non-hydrogen) atoms. The number of aromatic hydroxyl groups is 1. The number of phenolic OH excluding ortho intramolecular Hbond substituents is 1. The summed E-state index contributed by atoms with van der Waals surface area (Å²) in [4.78, 5) is 75.0. The van der Waals surface area contributed by atoms with Crippen LogP contribution in [0.4, 0.5) is 0 Å². The molecule has 0 bridgehead atoms. The van der Waals surface area contributed by atoms with Crippen LogP contribution >= 0.6 is 11.3 Å². The van der Waals surface area contributed by atoms with Crippen molar-refractivity contribution in [2.24, 2.45) is 11.8 Å². The van der Waals surface area contributed by atoms with Crippen molar-refractivity contribution in [2.45, 2.75) is 137 Å². The zero-order chi connectivity index (χ0) is 39.9. The van der Waals surface area contributed by atoms with Crippen molar-refractivity contribution in [3.8, 4) is 5.75 Å². The van der Waals surface area contributed by atoms with Crippen molar-refractivity contribution in [3.63, 3.8) is 0 Å². The second-order valence-electron chi connectivity index (χ2n) is 14.7. The number of nitrogens with zero attached hydrogens (tertiary/aromatic N) is 3. The quantitative estimate of drug-likeness (QED) is 0.111. The number of likely N-dealkylation sites (tertiary alicyclic amines) is 1. The minimum atomic E-state index is -0.922. The smallest absolute Gasteiger partial charge is 0.307 e. The van der Waals surface area contributed by atoms with E-state index in [1.807, 2.05) is 65.6 Å². The van der Waals surface area contributed by atoms with Crippen molar-refractivity contribution in [3.05, 3.63) is 45.9 Å².